The van der Waals surface area contributed by atoms with Gasteiger partial charge < -0.3 is 4.57 Å². The zero-order chi connectivity index (χ0) is 13.6. The monoisotopic (exact) mass is 256 g/mol. The van der Waals surface area contributed by atoms with Crippen LogP contribution in [-0.4, -0.2) is 16.4 Å². The molecule has 2 amide bonds. The first-order valence-corrected chi connectivity index (χ1v) is 6.44. The van der Waals surface area contributed by atoms with E-state index in [1.54, 1.807) is 0 Å². The summed E-state index contributed by atoms with van der Waals surface area (Å²) in [7, 11) is 0. The zero-order valence-corrected chi connectivity index (χ0v) is 11.1. The SMILES string of the molecule is Cc1c2ccccc2cn1[C@@]1(C)CCC(=O)NC1=O. The molecule has 3 rings (SSSR count). The van der Waals surface area contributed by atoms with Gasteiger partial charge in [-0.1, -0.05) is 24.3 Å². The maximum Gasteiger partial charge on any atom is 0.252 e. The van der Waals surface area contributed by atoms with Crippen molar-refractivity contribution in [1.82, 2.24) is 9.88 Å². The van der Waals surface area contributed by atoms with Crippen LogP contribution in [0.5, 0.6) is 0 Å². The summed E-state index contributed by atoms with van der Waals surface area (Å²) in [6, 6.07) is 8.07. The third-order valence-corrected chi connectivity index (χ3v) is 4.09. The van der Waals surface area contributed by atoms with Gasteiger partial charge in [-0.15, -0.1) is 0 Å². The predicted molar refractivity (Wildman–Crippen MR) is 72.7 cm³/mol. The molecule has 1 aliphatic heterocycles. The van der Waals surface area contributed by atoms with E-state index >= 15 is 0 Å². The van der Waals surface area contributed by atoms with Crippen molar-refractivity contribution >= 4 is 22.6 Å². The van der Waals surface area contributed by atoms with Crippen LogP contribution in [0.2, 0.25) is 0 Å². The molecule has 1 N–H and O–H groups in total. The van der Waals surface area contributed by atoms with Crippen LogP contribution in [0.15, 0.2) is 30.5 Å². The van der Waals surface area contributed by atoms with Crippen LogP contribution in [0.4, 0.5) is 0 Å². The Bertz CT molecular complexity index is 687. The fraction of sp³-hybridized carbons (Fsp3) is 0.333. The quantitative estimate of drug-likeness (QED) is 0.794. The van der Waals surface area contributed by atoms with Crippen molar-refractivity contribution in [3.63, 3.8) is 0 Å². The fourth-order valence-corrected chi connectivity index (χ4v) is 2.84. The van der Waals surface area contributed by atoms with Crippen LogP contribution in [0.3, 0.4) is 0 Å². The van der Waals surface area contributed by atoms with Gasteiger partial charge in [0.2, 0.25) is 5.91 Å². The van der Waals surface area contributed by atoms with Crippen LogP contribution < -0.4 is 5.32 Å². The third-order valence-electron chi connectivity index (χ3n) is 4.09. The lowest BCUT2D eigenvalue weighted by atomic mass is 9.90. The Kier molecular flexibility index (Phi) is 2.49. The maximum absolute atomic E-state index is 12.2. The first-order chi connectivity index (χ1) is 9.02. The Hall–Kier alpha value is -2.10. The molecular weight excluding hydrogens is 240 g/mol. The number of nitrogens with zero attached hydrogens (tertiary/aromatic N) is 1. The average Bonchev–Trinajstić information content (AvgIpc) is 2.73. The van der Waals surface area contributed by atoms with Gasteiger partial charge in [0.05, 0.1) is 0 Å². The van der Waals surface area contributed by atoms with Gasteiger partial charge in [0.15, 0.2) is 0 Å². The molecule has 1 saturated heterocycles. The molecule has 2 heterocycles. The minimum Gasteiger partial charge on any atom is -0.336 e. The second-order valence-electron chi connectivity index (χ2n) is 5.32. The number of fused-ring (bicyclic) bond motifs is 1. The molecule has 0 spiro atoms. The molecule has 0 unspecified atom stereocenters. The van der Waals surface area contributed by atoms with Crippen molar-refractivity contribution in [2.75, 3.05) is 0 Å². The lowest BCUT2D eigenvalue weighted by Gasteiger charge is -2.34. The molecule has 0 bridgehead atoms. The molecule has 1 aromatic heterocycles. The van der Waals surface area contributed by atoms with Crippen LogP contribution in [0, 0.1) is 6.92 Å². The topological polar surface area (TPSA) is 51.1 Å². The molecule has 1 fully saturated rings. The summed E-state index contributed by atoms with van der Waals surface area (Å²) in [4.78, 5) is 23.5. The summed E-state index contributed by atoms with van der Waals surface area (Å²) < 4.78 is 2.00. The van der Waals surface area contributed by atoms with Crippen molar-refractivity contribution in [2.45, 2.75) is 32.2 Å². The average molecular weight is 256 g/mol. The van der Waals surface area contributed by atoms with Crippen molar-refractivity contribution in [1.29, 1.82) is 0 Å². The van der Waals surface area contributed by atoms with E-state index in [0.717, 1.165) is 16.5 Å². The summed E-state index contributed by atoms with van der Waals surface area (Å²) in [5, 5.41) is 4.70. The second-order valence-corrected chi connectivity index (χ2v) is 5.32. The van der Waals surface area contributed by atoms with E-state index in [-0.39, 0.29) is 11.8 Å². The highest BCUT2D eigenvalue weighted by Gasteiger charge is 2.40. The molecule has 0 saturated carbocycles. The van der Waals surface area contributed by atoms with E-state index in [2.05, 4.69) is 11.4 Å². The maximum atomic E-state index is 12.2. The van der Waals surface area contributed by atoms with Gasteiger partial charge in [-0.05, 0) is 25.7 Å². The summed E-state index contributed by atoms with van der Waals surface area (Å²) >= 11 is 0. The van der Waals surface area contributed by atoms with E-state index in [1.807, 2.05) is 42.8 Å². The van der Waals surface area contributed by atoms with Crippen molar-refractivity contribution in [3.05, 3.63) is 36.2 Å². The first kappa shape index (κ1) is 12.0. The number of nitrogens with one attached hydrogen (secondary N) is 1. The second kappa shape index (κ2) is 3.95. The molecule has 4 nitrogen and oxygen atoms in total. The number of aromatic nitrogens is 1. The zero-order valence-electron chi connectivity index (χ0n) is 11.1. The molecule has 98 valence electrons. The Labute approximate surface area is 111 Å². The number of amides is 2. The highest BCUT2D eigenvalue weighted by atomic mass is 16.2. The molecule has 0 aliphatic carbocycles. The van der Waals surface area contributed by atoms with E-state index in [4.69, 9.17) is 0 Å². The number of piperidine rings is 1. The Morgan fingerprint density at radius 3 is 2.68 bits per heavy atom. The van der Waals surface area contributed by atoms with Crippen molar-refractivity contribution < 1.29 is 9.59 Å². The number of benzene rings is 1. The number of carbonyl (C=O) groups excluding carboxylic acids is 2. The highest BCUT2D eigenvalue weighted by Crippen LogP contribution is 2.32. The van der Waals surface area contributed by atoms with Crippen molar-refractivity contribution in [2.24, 2.45) is 0 Å². The summed E-state index contributed by atoms with van der Waals surface area (Å²) in [5.74, 6) is -0.399. The lowest BCUT2D eigenvalue weighted by molar-refractivity contribution is -0.140. The molecular formula is C15H16N2O2. The van der Waals surface area contributed by atoms with Gasteiger partial charge in [0, 0.05) is 23.7 Å². The summed E-state index contributed by atoms with van der Waals surface area (Å²) in [6.07, 6.45) is 2.93. The smallest absolute Gasteiger partial charge is 0.252 e. The molecule has 0 radical (unpaired) electrons. The predicted octanol–water partition coefficient (Wildman–Crippen LogP) is 2.10. The largest absolute Gasteiger partial charge is 0.336 e. The van der Waals surface area contributed by atoms with E-state index < -0.39 is 5.54 Å². The Morgan fingerprint density at radius 1 is 1.26 bits per heavy atom. The van der Waals surface area contributed by atoms with Crippen molar-refractivity contribution in [3.8, 4) is 0 Å². The molecule has 19 heavy (non-hydrogen) atoms. The molecule has 1 aliphatic rings. The molecule has 1 aromatic carbocycles. The fourth-order valence-electron chi connectivity index (χ4n) is 2.84. The minimum absolute atomic E-state index is 0.183. The van der Waals surface area contributed by atoms with Crippen LogP contribution >= 0.6 is 0 Å². The lowest BCUT2D eigenvalue weighted by Crippen LogP contribution is -2.53. The van der Waals surface area contributed by atoms with E-state index in [9.17, 15) is 9.59 Å². The number of hydrogen-bond acceptors (Lipinski definition) is 2. The highest BCUT2D eigenvalue weighted by molar-refractivity contribution is 6.02. The van der Waals surface area contributed by atoms with Crippen LogP contribution in [-0.2, 0) is 15.1 Å². The van der Waals surface area contributed by atoms with Gasteiger partial charge in [-0.3, -0.25) is 14.9 Å². The van der Waals surface area contributed by atoms with Gasteiger partial charge in [0.25, 0.3) is 5.91 Å². The van der Waals surface area contributed by atoms with Crippen LogP contribution in [0.25, 0.3) is 10.8 Å². The van der Waals surface area contributed by atoms with Gasteiger partial charge in [-0.25, -0.2) is 0 Å². The Balaban J connectivity index is 2.16. The summed E-state index contributed by atoms with van der Waals surface area (Å²) in [5.41, 5.74) is 0.374. The first-order valence-electron chi connectivity index (χ1n) is 6.44. The van der Waals surface area contributed by atoms with Crippen LogP contribution in [0.1, 0.15) is 25.5 Å². The Morgan fingerprint density at radius 2 is 2.00 bits per heavy atom. The third kappa shape index (κ3) is 1.67. The number of carbonyl (C=O) groups is 2. The number of imide groups is 1. The van der Waals surface area contributed by atoms with E-state index in [0.29, 0.717) is 12.8 Å². The van der Waals surface area contributed by atoms with Gasteiger partial charge in [0.1, 0.15) is 5.54 Å². The number of aryl methyl sites for hydroxylation is 1. The van der Waals surface area contributed by atoms with Gasteiger partial charge in [-0.2, -0.15) is 0 Å². The minimum atomic E-state index is -0.684. The summed E-state index contributed by atoms with van der Waals surface area (Å²) in [6.45, 7) is 3.90. The molecule has 2 aromatic rings. The van der Waals surface area contributed by atoms with Gasteiger partial charge >= 0.3 is 0 Å². The molecule has 4 heteroatoms. The molecule has 1 atom stereocenters. The normalized spacial score (nSPS) is 23.7. The standard InChI is InChI=1S/C15H16N2O2/c1-10-12-6-4-3-5-11(12)9-17(10)15(2)8-7-13(18)16-14(15)19/h3-6,9H,7-8H2,1-2H3,(H,16,18,19)/t15-/m0/s1. The number of hydrogen-bond donors (Lipinski definition) is 1. The van der Waals surface area contributed by atoms with E-state index in [1.165, 1.54) is 0 Å². The number of rotatable bonds is 1.